The van der Waals surface area contributed by atoms with E-state index in [0.717, 1.165) is 0 Å². The van der Waals surface area contributed by atoms with Gasteiger partial charge in [-0.05, 0) is 26.0 Å². The van der Waals surface area contributed by atoms with Gasteiger partial charge in [-0.2, -0.15) is 0 Å². The topological polar surface area (TPSA) is 37.4 Å². The summed E-state index contributed by atoms with van der Waals surface area (Å²) in [5.41, 5.74) is 0.591. The quantitative estimate of drug-likeness (QED) is 0.629. The van der Waals surface area contributed by atoms with E-state index in [2.05, 4.69) is 0 Å². The Morgan fingerprint density at radius 2 is 1.93 bits per heavy atom. The molecule has 0 bridgehead atoms. The molecule has 0 saturated heterocycles. The average Bonchev–Trinajstić information content (AvgIpc) is 2.36. The monoisotopic (exact) mass is 189 g/mol. The molecule has 0 atom stereocenters. The largest absolute Gasteiger partial charge is 0.301 e. The van der Waals surface area contributed by atoms with Crippen molar-refractivity contribution in [3.63, 3.8) is 0 Å². The molecule has 0 N–H and O–H groups in total. The maximum absolute atomic E-state index is 11.9. The highest BCUT2D eigenvalue weighted by atomic mass is 16.2. The fourth-order valence-electron chi connectivity index (χ4n) is 1.80. The zero-order chi connectivity index (χ0) is 10.3. The Balaban J connectivity index is 2.66. The SMILES string of the molecule is CC1(C)C(=O)c2ccccc2N1C=O. The van der Waals surface area contributed by atoms with Gasteiger partial charge in [-0.3, -0.25) is 9.59 Å². The Hall–Kier alpha value is -1.64. The number of carbonyl (C=O) groups excluding carboxylic acids is 2. The predicted octanol–water partition coefficient (Wildman–Crippen LogP) is 1.62. The third-order valence-electron chi connectivity index (χ3n) is 2.67. The van der Waals surface area contributed by atoms with Crippen molar-refractivity contribution >= 4 is 17.9 Å². The molecule has 0 unspecified atom stereocenters. The van der Waals surface area contributed by atoms with Gasteiger partial charge in [0.1, 0.15) is 5.54 Å². The molecule has 1 aromatic carbocycles. The van der Waals surface area contributed by atoms with Crippen LogP contribution in [0.25, 0.3) is 0 Å². The van der Waals surface area contributed by atoms with E-state index in [0.29, 0.717) is 17.7 Å². The van der Waals surface area contributed by atoms with Crippen LogP contribution >= 0.6 is 0 Å². The zero-order valence-corrected chi connectivity index (χ0v) is 8.15. The van der Waals surface area contributed by atoms with E-state index >= 15 is 0 Å². The Labute approximate surface area is 82.3 Å². The Kier molecular flexibility index (Phi) is 1.71. The Bertz CT molecular complexity index is 410. The van der Waals surface area contributed by atoms with Crippen molar-refractivity contribution in [1.29, 1.82) is 0 Å². The lowest BCUT2D eigenvalue weighted by Gasteiger charge is -2.26. The summed E-state index contributed by atoms with van der Waals surface area (Å²) in [5, 5.41) is 0. The van der Waals surface area contributed by atoms with E-state index in [4.69, 9.17) is 0 Å². The number of carbonyl (C=O) groups is 2. The second kappa shape index (κ2) is 2.67. The van der Waals surface area contributed by atoms with Crippen LogP contribution in [0.4, 0.5) is 5.69 Å². The van der Waals surface area contributed by atoms with Gasteiger partial charge in [0.25, 0.3) is 0 Å². The molecule has 1 amide bonds. The number of anilines is 1. The zero-order valence-electron chi connectivity index (χ0n) is 8.15. The Morgan fingerprint density at radius 1 is 1.29 bits per heavy atom. The molecular weight excluding hydrogens is 178 g/mol. The normalized spacial score (nSPS) is 18.1. The number of nitrogens with zero attached hydrogens (tertiary/aromatic N) is 1. The van der Waals surface area contributed by atoms with Crippen LogP contribution in [0.2, 0.25) is 0 Å². The van der Waals surface area contributed by atoms with Crippen LogP contribution in [0.1, 0.15) is 24.2 Å². The Morgan fingerprint density at radius 3 is 2.57 bits per heavy atom. The molecule has 0 fully saturated rings. The maximum Gasteiger partial charge on any atom is 0.215 e. The van der Waals surface area contributed by atoms with Crippen molar-refractivity contribution in [2.45, 2.75) is 19.4 Å². The minimum Gasteiger partial charge on any atom is -0.301 e. The van der Waals surface area contributed by atoms with Gasteiger partial charge >= 0.3 is 0 Å². The van der Waals surface area contributed by atoms with Gasteiger partial charge in [0.05, 0.1) is 5.69 Å². The first-order valence-electron chi connectivity index (χ1n) is 4.47. The van der Waals surface area contributed by atoms with E-state index in [1.165, 1.54) is 4.90 Å². The van der Waals surface area contributed by atoms with Gasteiger partial charge in [0.2, 0.25) is 6.41 Å². The molecule has 3 heteroatoms. The van der Waals surface area contributed by atoms with Crippen LogP contribution < -0.4 is 4.90 Å². The standard InChI is InChI=1S/C11H11NO2/c1-11(2)10(14)8-5-3-4-6-9(8)12(11)7-13/h3-7H,1-2H3. The van der Waals surface area contributed by atoms with Crippen molar-refractivity contribution < 1.29 is 9.59 Å². The fraction of sp³-hybridized carbons (Fsp3) is 0.273. The van der Waals surface area contributed by atoms with Gasteiger partial charge in [-0.1, -0.05) is 12.1 Å². The summed E-state index contributed by atoms with van der Waals surface area (Å²) in [6.07, 6.45) is 0.712. The number of para-hydroxylation sites is 1. The highest BCUT2D eigenvalue weighted by Gasteiger charge is 2.43. The summed E-state index contributed by atoms with van der Waals surface area (Å²) >= 11 is 0. The first kappa shape index (κ1) is 8.94. The number of hydrogen-bond acceptors (Lipinski definition) is 2. The molecule has 3 nitrogen and oxygen atoms in total. The first-order valence-corrected chi connectivity index (χ1v) is 4.47. The van der Waals surface area contributed by atoms with Gasteiger partial charge < -0.3 is 4.90 Å². The fourth-order valence-corrected chi connectivity index (χ4v) is 1.80. The molecule has 0 aliphatic carbocycles. The van der Waals surface area contributed by atoms with Crippen molar-refractivity contribution in [3.8, 4) is 0 Å². The third kappa shape index (κ3) is 0.923. The van der Waals surface area contributed by atoms with E-state index < -0.39 is 5.54 Å². The molecule has 0 saturated carbocycles. The lowest BCUT2D eigenvalue weighted by atomic mass is 9.98. The molecule has 1 heterocycles. The molecule has 0 radical (unpaired) electrons. The predicted molar refractivity (Wildman–Crippen MR) is 53.4 cm³/mol. The summed E-state index contributed by atoms with van der Waals surface area (Å²) < 4.78 is 0. The second-order valence-electron chi connectivity index (χ2n) is 3.88. The number of ketones is 1. The van der Waals surface area contributed by atoms with E-state index in [1.807, 2.05) is 6.07 Å². The number of fused-ring (bicyclic) bond motifs is 1. The number of benzene rings is 1. The molecule has 0 aromatic heterocycles. The van der Waals surface area contributed by atoms with Gasteiger partial charge in [0, 0.05) is 5.56 Å². The minimum absolute atomic E-state index is 0.000185. The first-order chi connectivity index (χ1) is 6.59. The average molecular weight is 189 g/mol. The summed E-state index contributed by atoms with van der Waals surface area (Å²) in [5.74, 6) is 0.000185. The van der Waals surface area contributed by atoms with Crippen LogP contribution in [-0.2, 0) is 4.79 Å². The van der Waals surface area contributed by atoms with Crippen LogP contribution in [0, 0.1) is 0 Å². The number of Topliss-reactive ketones (excluding diaryl/α,β-unsaturated/α-hetero) is 1. The lowest BCUT2D eigenvalue weighted by Crippen LogP contribution is -2.44. The highest BCUT2D eigenvalue weighted by molar-refractivity contribution is 6.17. The molecule has 14 heavy (non-hydrogen) atoms. The van der Waals surface area contributed by atoms with Crippen LogP contribution in [0.5, 0.6) is 0 Å². The van der Waals surface area contributed by atoms with Crippen molar-refractivity contribution in [1.82, 2.24) is 0 Å². The van der Waals surface area contributed by atoms with Crippen LogP contribution in [0.15, 0.2) is 24.3 Å². The molecule has 1 aliphatic rings. The molecule has 2 rings (SSSR count). The van der Waals surface area contributed by atoms with Crippen LogP contribution in [-0.4, -0.2) is 17.7 Å². The maximum atomic E-state index is 11.9. The van der Waals surface area contributed by atoms with Gasteiger partial charge in [-0.15, -0.1) is 0 Å². The van der Waals surface area contributed by atoms with E-state index in [-0.39, 0.29) is 5.78 Å². The summed E-state index contributed by atoms with van der Waals surface area (Å²) in [4.78, 5) is 24.3. The smallest absolute Gasteiger partial charge is 0.215 e. The summed E-state index contributed by atoms with van der Waals surface area (Å²) in [6, 6.07) is 7.17. The van der Waals surface area contributed by atoms with Gasteiger partial charge in [0.15, 0.2) is 5.78 Å². The molecule has 0 spiro atoms. The number of hydrogen-bond donors (Lipinski definition) is 0. The third-order valence-corrected chi connectivity index (χ3v) is 2.67. The molecule has 1 aromatic rings. The van der Waals surface area contributed by atoms with Crippen molar-refractivity contribution in [3.05, 3.63) is 29.8 Å². The van der Waals surface area contributed by atoms with Crippen molar-refractivity contribution in [2.75, 3.05) is 4.90 Å². The molecular formula is C11H11NO2. The summed E-state index contributed by atoms with van der Waals surface area (Å²) in [7, 11) is 0. The van der Waals surface area contributed by atoms with Gasteiger partial charge in [-0.25, -0.2) is 0 Å². The van der Waals surface area contributed by atoms with Crippen molar-refractivity contribution in [2.24, 2.45) is 0 Å². The van der Waals surface area contributed by atoms with Crippen LogP contribution in [0.3, 0.4) is 0 Å². The second-order valence-corrected chi connectivity index (χ2v) is 3.88. The molecule has 1 aliphatic heterocycles. The number of rotatable bonds is 1. The summed E-state index contributed by atoms with van der Waals surface area (Å²) in [6.45, 7) is 3.51. The minimum atomic E-state index is -0.745. The van der Waals surface area contributed by atoms with E-state index in [9.17, 15) is 9.59 Å². The lowest BCUT2D eigenvalue weighted by molar-refractivity contribution is -0.108. The highest BCUT2D eigenvalue weighted by Crippen LogP contribution is 2.36. The van der Waals surface area contributed by atoms with E-state index in [1.54, 1.807) is 32.0 Å². The number of amides is 1. The molecule has 72 valence electrons.